The first-order chi connectivity index (χ1) is 10.9. The van der Waals surface area contributed by atoms with E-state index in [2.05, 4.69) is 15.5 Å². The summed E-state index contributed by atoms with van der Waals surface area (Å²) in [4.78, 5) is 38.2. The van der Waals surface area contributed by atoms with Gasteiger partial charge in [-0.2, -0.15) is 0 Å². The van der Waals surface area contributed by atoms with Crippen LogP contribution in [0.25, 0.3) is 0 Å². The molecule has 1 aromatic heterocycles. The molecule has 0 aromatic carbocycles. The van der Waals surface area contributed by atoms with Crippen molar-refractivity contribution in [3.63, 3.8) is 0 Å². The van der Waals surface area contributed by atoms with Gasteiger partial charge in [-0.05, 0) is 26.1 Å². The second-order valence-electron chi connectivity index (χ2n) is 6.16. The number of imide groups is 1. The van der Waals surface area contributed by atoms with E-state index >= 15 is 0 Å². The Morgan fingerprint density at radius 2 is 2.17 bits per heavy atom. The van der Waals surface area contributed by atoms with Crippen LogP contribution in [-0.2, 0) is 9.59 Å². The lowest BCUT2D eigenvalue weighted by Gasteiger charge is -2.20. The van der Waals surface area contributed by atoms with E-state index in [1.807, 2.05) is 26.1 Å². The summed E-state index contributed by atoms with van der Waals surface area (Å²) in [6, 6.07) is 3.24. The summed E-state index contributed by atoms with van der Waals surface area (Å²) in [6.45, 7) is 3.19. The Balaban J connectivity index is 1.62. The third-order valence-corrected chi connectivity index (χ3v) is 4.18. The van der Waals surface area contributed by atoms with Crippen molar-refractivity contribution in [3.05, 3.63) is 23.7 Å². The maximum absolute atomic E-state index is 12.2. The molecule has 4 amide bonds. The van der Waals surface area contributed by atoms with Gasteiger partial charge in [0.15, 0.2) is 0 Å². The molecule has 3 heterocycles. The predicted molar refractivity (Wildman–Crippen MR) is 80.7 cm³/mol. The Morgan fingerprint density at radius 3 is 2.78 bits per heavy atom. The summed E-state index contributed by atoms with van der Waals surface area (Å²) in [7, 11) is 1.99. The monoisotopic (exact) mass is 320 g/mol. The maximum Gasteiger partial charge on any atom is 0.325 e. The number of rotatable bonds is 4. The number of nitrogens with zero attached hydrogens (tertiary/aromatic N) is 2. The minimum atomic E-state index is -0.521. The predicted octanol–water partition coefficient (Wildman–Crippen LogP) is -0.346. The number of carbonyl (C=O) groups is 3. The van der Waals surface area contributed by atoms with Crippen molar-refractivity contribution in [2.75, 3.05) is 33.2 Å². The van der Waals surface area contributed by atoms with Crippen LogP contribution in [0.4, 0.5) is 4.79 Å². The zero-order valence-corrected chi connectivity index (χ0v) is 13.2. The molecule has 2 aliphatic heterocycles. The topological polar surface area (TPSA) is 94.9 Å². The van der Waals surface area contributed by atoms with E-state index < -0.39 is 6.03 Å². The van der Waals surface area contributed by atoms with Crippen molar-refractivity contribution >= 4 is 17.8 Å². The normalized spacial score (nSPS) is 25.0. The van der Waals surface area contributed by atoms with Crippen molar-refractivity contribution in [2.45, 2.75) is 18.9 Å². The molecule has 2 N–H and O–H groups in total. The van der Waals surface area contributed by atoms with E-state index in [0.29, 0.717) is 6.54 Å². The summed E-state index contributed by atoms with van der Waals surface area (Å²) in [5, 5.41) is 5.11. The van der Waals surface area contributed by atoms with E-state index in [4.69, 9.17) is 4.42 Å². The highest BCUT2D eigenvalue weighted by Gasteiger charge is 2.36. The number of aryl methyl sites for hydroxylation is 1. The molecule has 2 fully saturated rings. The minimum Gasteiger partial charge on any atom is -0.466 e. The average molecular weight is 320 g/mol. The SMILES string of the molecule is Cc1ccc(C2CN(C)CC2NC(=O)CN2CC(=O)NC2=O)o1. The molecule has 2 saturated heterocycles. The molecule has 23 heavy (non-hydrogen) atoms. The number of likely N-dealkylation sites (tertiary alicyclic amines) is 1. The van der Waals surface area contributed by atoms with E-state index in [9.17, 15) is 14.4 Å². The number of urea groups is 1. The zero-order valence-electron chi connectivity index (χ0n) is 13.2. The number of carbonyl (C=O) groups excluding carboxylic acids is 3. The largest absolute Gasteiger partial charge is 0.466 e. The molecule has 3 rings (SSSR count). The van der Waals surface area contributed by atoms with Crippen LogP contribution in [0.1, 0.15) is 17.4 Å². The number of hydrogen-bond donors (Lipinski definition) is 2. The van der Waals surface area contributed by atoms with Crippen LogP contribution in [0, 0.1) is 6.92 Å². The third kappa shape index (κ3) is 3.37. The summed E-state index contributed by atoms with van der Waals surface area (Å²) in [6.07, 6.45) is 0. The Morgan fingerprint density at radius 1 is 1.39 bits per heavy atom. The fraction of sp³-hybridized carbons (Fsp3) is 0.533. The highest BCUT2D eigenvalue weighted by molar-refractivity contribution is 6.03. The Kier molecular flexibility index (Phi) is 4.08. The minimum absolute atomic E-state index is 0.0718. The van der Waals surface area contributed by atoms with Gasteiger partial charge in [0.25, 0.3) is 0 Å². The van der Waals surface area contributed by atoms with Crippen LogP contribution in [0.15, 0.2) is 16.5 Å². The Labute approximate surface area is 133 Å². The fourth-order valence-corrected chi connectivity index (χ4v) is 3.12. The first kappa shape index (κ1) is 15.5. The van der Waals surface area contributed by atoms with Crippen LogP contribution in [-0.4, -0.2) is 66.9 Å². The molecule has 0 radical (unpaired) electrons. The van der Waals surface area contributed by atoms with Gasteiger partial charge in [0.1, 0.15) is 24.6 Å². The lowest BCUT2D eigenvalue weighted by atomic mass is 10.0. The molecular weight excluding hydrogens is 300 g/mol. The van der Waals surface area contributed by atoms with Gasteiger partial charge in [0.2, 0.25) is 11.8 Å². The van der Waals surface area contributed by atoms with Crippen molar-refractivity contribution in [1.82, 2.24) is 20.4 Å². The van der Waals surface area contributed by atoms with E-state index in [-0.39, 0.29) is 36.9 Å². The number of likely N-dealkylation sites (N-methyl/N-ethyl adjacent to an activating group) is 1. The lowest BCUT2D eigenvalue weighted by molar-refractivity contribution is -0.122. The Hall–Kier alpha value is -2.35. The second kappa shape index (κ2) is 6.04. The van der Waals surface area contributed by atoms with Crippen LogP contribution < -0.4 is 10.6 Å². The molecule has 8 nitrogen and oxygen atoms in total. The molecule has 2 aliphatic rings. The van der Waals surface area contributed by atoms with Gasteiger partial charge >= 0.3 is 6.03 Å². The van der Waals surface area contributed by atoms with Crippen LogP contribution in [0.2, 0.25) is 0 Å². The molecule has 0 aliphatic carbocycles. The van der Waals surface area contributed by atoms with Gasteiger partial charge in [0, 0.05) is 13.1 Å². The van der Waals surface area contributed by atoms with Crippen LogP contribution in [0.3, 0.4) is 0 Å². The number of nitrogens with one attached hydrogen (secondary N) is 2. The molecule has 0 bridgehead atoms. The van der Waals surface area contributed by atoms with Gasteiger partial charge < -0.3 is 19.5 Å². The van der Waals surface area contributed by atoms with E-state index in [1.54, 1.807) is 0 Å². The maximum atomic E-state index is 12.2. The highest BCUT2D eigenvalue weighted by atomic mass is 16.3. The van der Waals surface area contributed by atoms with Gasteiger partial charge in [-0.1, -0.05) is 0 Å². The summed E-state index contributed by atoms with van der Waals surface area (Å²) in [5.41, 5.74) is 0. The summed E-state index contributed by atoms with van der Waals surface area (Å²) in [5.74, 6) is 1.11. The molecule has 124 valence electrons. The Bertz CT molecular complexity index is 641. The molecule has 0 saturated carbocycles. The smallest absolute Gasteiger partial charge is 0.325 e. The van der Waals surface area contributed by atoms with Crippen LogP contribution >= 0.6 is 0 Å². The zero-order chi connectivity index (χ0) is 16.6. The average Bonchev–Trinajstić information content (AvgIpc) is 3.11. The molecule has 2 unspecified atom stereocenters. The highest BCUT2D eigenvalue weighted by Crippen LogP contribution is 2.28. The fourth-order valence-electron chi connectivity index (χ4n) is 3.12. The van der Waals surface area contributed by atoms with Gasteiger partial charge in [-0.3, -0.25) is 14.9 Å². The molecule has 0 spiro atoms. The summed E-state index contributed by atoms with van der Waals surface area (Å²) < 4.78 is 5.69. The number of hydrogen-bond acceptors (Lipinski definition) is 5. The molecule has 1 aromatic rings. The van der Waals surface area contributed by atoms with Crippen molar-refractivity contribution < 1.29 is 18.8 Å². The third-order valence-electron chi connectivity index (χ3n) is 4.18. The quantitative estimate of drug-likeness (QED) is 0.740. The first-order valence-corrected chi connectivity index (χ1v) is 7.55. The van der Waals surface area contributed by atoms with Gasteiger partial charge in [-0.15, -0.1) is 0 Å². The van der Waals surface area contributed by atoms with Gasteiger partial charge in [0.05, 0.1) is 12.0 Å². The second-order valence-corrected chi connectivity index (χ2v) is 6.16. The van der Waals surface area contributed by atoms with E-state index in [1.165, 1.54) is 4.90 Å². The lowest BCUT2D eigenvalue weighted by Crippen LogP contribution is -2.45. The number of furan rings is 1. The molecule has 2 atom stereocenters. The van der Waals surface area contributed by atoms with Crippen molar-refractivity contribution in [3.8, 4) is 0 Å². The van der Waals surface area contributed by atoms with Gasteiger partial charge in [-0.25, -0.2) is 4.79 Å². The first-order valence-electron chi connectivity index (χ1n) is 7.55. The summed E-state index contributed by atoms with van der Waals surface area (Å²) >= 11 is 0. The van der Waals surface area contributed by atoms with E-state index in [0.717, 1.165) is 18.1 Å². The van der Waals surface area contributed by atoms with Crippen molar-refractivity contribution in [1.29, 1.82) is 0 Å². The molecular formula is C15H20N4O4. The standard InChI is InChI=1S/C15H20N4O4/c1-9-3-4-12(23-9)10-5-18(2)6-11(10)16-13(20)7-19-8-14(21)17-15(19)22/h3-4,10-11H,5-8H2,1-2H3,(H,16,20)(H,17,21,22). The van der Waals surface area contributed by atoms with Crippen LogP contribution in [0.5, 0.6) is 0 Å². The number of amides is 4. The van der Waals surface area contributed by atoms with Crippen molar-refractivity contribution in [2.24, 2.45) is 0 Å². The molecule has 8 heteroatoms.